The first-order chi connectivity index (χ1) is 6.66. The molecule has 1 fully saturated rings. The summed E-state index contributed by atoms with van der Waals surface area (Å²) in [7, 11) is 1.13. The van der Waals surface area contributed by atoms with Gasteiger partial charge >= 0.3 is 11.7 Å². The van der Waals surface area contributed by atoms with Crippen molar-refractivity contribution in [1.29, 1.82) is 0 Å². The maximum Gasteiger partial charge on any atom is 0.411 e. The third-order valence-electron chi connectivity index (χ3n) is 2.04. The van der Waals surface area contributed by atoms with Gasteiger partial charge in [-0.3, -0.25) is 10.1 Å². The zero-order valence-corrected chi connectivity index (χ0v) is 7.91. The smallest absolute Gasteiger partial charge is 0.411 e. The SMILES string of the molecule is COC(=O)C(=C1CCCCN1)[N+](=O)[O-]. The Kier molecular flexibility index (Phi) is 3.44. The van der Waals surface area contributed by atoms with E-state index in [0.717, 1.165) is 20.0 Å². The lowest BCUT2D eigenvalue weighted by Gasteiger charge is -2.15. The van der Waals surface area contributed by atoms with E-state index in [1.165, 1.54) is 0 Å². The summed E-state index contributed by atoms with van der Waals surface area (Å²) in [6.07, 6.45) is 2.36. The number of nitrogens with one attached hydrogen (secondary N) is 1. The van der Waals surface area contributed by atoms with Crippen LogP contribution in [0.2, 0.25) is 0 Å². The van der Waals surface area contributed by atoms with Crippen molar-refractivity contribution < 1.29 is 14.5 Å². The van der Waals surface area contributed by atoms with Crippen molar-refractivity contribution in [3.63, 3.8) is 0 Å². The van der Waals surface area contributed by atoms with Gasteiger partial charge in [-0.2, -0.15) is 0 Å². The van der Waals surface area contributed by atoms with Crippen LogP contribution in [-0.4, -0.2) is 24.5 Å². The van der Waals surface area contributed by atoms with E-state index in [-0.39, 0.29) is 0 Å². The first-order valence-electron chi connectivity index (χ1n) is 4.36. The first kappa shape index (κ1) is 10.5. The molecule has 0 aromatic rings. The van der Waals surface area contributed by atoms with E-state index >= 15 is 0 Å². The highest BCUT2D eigenvalue weighted by Gasteiger charge is 2.29. The molecular weight excluding hydrogens is 188 g/mol. The lowest BCUT2D eigenvalue weighted by Crippen LogP contribution is -2.27. The Labute approximate surface area is 81.1 Å². The average Bonchev–Trinajstić information content (AvgIpc) is 2.19. The van der Waals surface area contributed by atoms with Crippen LogP contribution in [0.3, 0.4) is 0 Å². The van der Waals surface area contributed by atoms with Gasteiger partial charge in [0.2, 0.25) is 0 Å². The molecule has 1 saturated heterocycles. The Bertz CT molecular complexity index is 277. The summed E-state index contributed by atoms with van der Waals surface area (Å²) in [5.74, 6) is -0.889. The standard InChI is InChI=1S/C8H12N2O4/c1-14-8(11)7(10(12)13)6-4-2-3-5-9-6/h9H,2-5H2,1H3. The Morgan fingerprint density at radius 3 is 2.71 bits per heavy atom. The molecule has 1 rings (SSSR count). The maximum absolute atomic E-state index is 11.1. The van der Waals surface area contributed by atoms with Crippen LogP contribution in [0.1, 0.15) is 19.3 Å². The summed E-state index contributed by atoms with van der Waals surface area (Å²) in [6, 6.07) is 0. The summed E-state index contributed by atoms with van der Waals surface area (Å²) >= 11 is 0. The van der Waals surface area contributed by atoms with Gasteiger partial charge in [0.15, 0.2) is 0 Å². The molecule has 0 aromatic heterocycles. The molecule has 0 bridgehead atoms. The van der Waals surface area contributed by atoms with E-state index < -0.39 is 16.6 Å². The van der Waals surface area contributed by atoms with Crippen LogP contribution < -0.4 is 5.32 Å². The third kappa shape index (κ3) is 2.21. The van der Waals surface area contributed by atoms with Gasteiger partial charge in [-0.25, -0.2) is 4.79 Å². The monoisotopic (exact) mass is 200 g/mol. The van der Waals surface area contributed by atoms with Crippen LogP contribution in [-0.2, 0) is 9.53 Å². The molecule has 0 atom stereocenters. The predicted molar refractivity (Wildman–Crippen MR) is 47.9 cm³/mol. The summed E-state index contributed by atoms with van der Waals surface area (Å²) in [4.78, 5) is 21.0. The van der Waals surface area contributed by atoms with Gasteiger partial charge in [-0.15, -0.1) is 0 Å². The molecule has 1 aliphatic rings. The number of esters is 1. The van der Waals surface area contributed by atoms with E-state index in [4.69, 9.17) is 0 Å². The number of carbonyl (C=O) groups excluding carboxylic acids is 1. The van der Waals surface area contributed by atoms with Crippen LogP contribution in [0.25, 0.3) is 0 Å². The van der Waals surface area contributed by atoms with Gasteiger partial charge in [0.25, 0.3) is 0 Å². The molecule has 6 heteroatoms. The number of hydrogen-bond donors (Lipinski definition) is 1. The molecule has 0 unspecified atom stereocenters. The minimum Gasteiger partial charge on any atom is -0.461 e. The van der Waals surface area contributed by atoms with E-state index in [1.807, 2.05) is 0 Å². The van der Waals surface area contributed by atoms with Gasteiger partial charge < -0.3 is 10.1 Å². The van der Waals surface area contributed by atoms with Crippen molar-refractivity contribution in [2.45, 2.75) is 19.3 Å². The Morgan fingerprint density at radius 2 is 2.29 bits per heavy atom. The fourth-order valence-corrected chi connectivity index (χ4v) is 1.36. The number of allylic oxidation sites excluding steroid dienone is 1. The van der Waals surface area contributed by atoms with Gasteiger partial charge in [-0.05, 0) is 19.3 Å². The summed E-state index contributed by atoms with van der Waals surface area (Å²) < 4.78 is 4.35. The molecule has 1 N–H and O–H groups in total. The fourth-order valence-electron chi connectivity index (χ4n) is 1.36. The molecule has 0 aromatic carbocycles. The zero-order valence-electron chi connectivity index (χ0n) is 7.91. The molecule has 0 amide bonds. The number of hydrogen-bond acceptors (Lipinski definition) is 5. The molecule has 0 spiro atoms. The van der Waals surface area contributed by atoms with Crippen LogP contribution in [0.15, 0.2) is 11.4 Å². The molecule has 0 saturated carbocycles. The van der Waals surface area contributed by atoms with Gasteiger partial charge in [0.1, 0.15) is 0 Å². The van der Waals surface area contributed by atoms with E-state index in [9.17, 15) is 14.9 Å². The lowest BCUT2D eigenvalue weighted by atomic mass is 10.1. The number of ether oxygens (including phenoxy) is 1. The van der Waals surface area contributed by atoms with Crippen LogP contribution in [0.4, 0.5) is 0 Å². The Balaban J connectivity index is 2.94. The molecule has 14 heavy (non-hydrogen) atoms. The van der Waals surface area contributed by atoms with Crippen molar-refractivity contribution in [3.05, 3.63) is 21.5 Å². The molecule has 1 aliphatic heterocycles. The summed E-state index contributed by atoms with van der Waals surface area (Å²) in [5.41, 5.74) is -0.0831. The zero-order chi connectivity index (χ0) is 10.6. The minimum atomic E-state index is -0.889. The second-order valence-corrected chi connectivity index (χ2v) is 2.96. The molecule has 6 nitrogen and oxygen atoms in total. The minimum absolute atomic E-state index is 0.383. The molecule has 1 heterocycles. The molecule has 0 radical (unpaired) electrons. The third-order valence-corrected chi connectivity index (χ3v) is 2.04. The number of piperidine rings is 1. The first-order valence-corrected chi connectivity index (χ1v) is 4.36. The predicted octanol–water partition coefficient (Wildman–Crippen LogP) is 0.421. The van der Waals surface area contributed by atoms with E-state index in [1.54, 1.807) is 0 Å². The normalized spacial score (nSPS) is 19.5. The van der Waals surface area contributed by atoms with Crippen molar-refractivity contribution in [2.75, 3.05) is 13.7 Å². The van der Waals surface area contributed by atoms with E-state index in [0.29, 0.717) is 18.7 Å². The van der Waals surface area contributed by atoms with Gasteiger partial charge in [0.05, 0.1) is 17.7 Å². The van der Waals surface area contributed by atoms with Gasteiger partial charge in [0, 0.05) is 6.54 Å². The second kappa shape index (κ2) is 4.59. The lowest BCUT2D eigenvalue weighted by molar-refractivity contribution is -0.422. The highest BCUT2D eigenvalue weighted by atomic mass is 16.6. The largest absolute Gasteiger partial charge is 0.461 e. The van der Waals surface area contributed by atoms with Crippen LogP contribution >= 0.6 is 0 Å². The molecule has 0 aliphatic carbocycles. The van der Waals surface area contributed by atoms with Gasteiger partial charge in [-0.1, -0.05) is 0 Å². The van der Waals surface area contributed by atoms with Crippen LogP contribution in [0.5, 0.6) is 0 Å². The van der Waals surface area contributed by atoms with Crippen molar-refractivity contribution >= 4 is 5.97 Å². The van der Waals surface area contributed by atoms with Crippen molar-refractivity contribution in [3.8, 4) is 0 Å². The number of nitro groups is 1. The number of nitrogens with zero attached hydrogens (tertiary/aromatic N) is 1. The average molecular weight is 200 g/mol. The number of methoxy groups -OCH3 is 1. The van der Waals surface area contributed by atoms with E-state index in [2.05, 4.69) is 10.1 Å². The van der Waals surface area contributed by atoms with Crippen molar-refractivity contribution in [2.24, 2.45) is 0 Å². The molecule has 78 valence electrons. The highest BCUT2D eigenvalue weighted by molar-refractivity contribution is 5.86. The summed E-state index contributed by atoms with van der Waals surface area (Å²) in [6.45, 7) is 0.670. The fraction of sp³-hybridized carbons (Fsp3) is 0.625. The molecular formula is C8H12N2O4. The highest BCUT2D eigenvalue weighted by Crippen LogP contribution is 2.15. The Hall–Kier alpha value is -1.59. The number of carbonyl (C=O) groups is 1. The maximum atomic E-state index is 11.1. The number of rotatable bonds is 2. The van der Waals surface area contributed by atoms with Crippen molar-refractivity contribution in [1.82, 2.24) is 5.32 Å². The summed E-state index contributed by atoms with van der Waals surface area (Å²) in [5, 5.41) is 13.5. The van der Waals surface area contributed by atoms with Crippen LogP contribution in [0, 0.1) is 10.1 Å². The quantitative estimate of drug-likeness (QED) is 0.302. The Morgan fingerprint density at radius 1 is 1.57 bits per heavy atom. The second-order valence-electron chi connectivity index (χ2n) is 2.96. The topological polar surface area (TPSA) is 81.5 Å².